The second-order valence-corrected chi connectivity index (χ2v) is 5.42. The zero-order valence-corrected chi connectivity index (χ0v) is 12.6. The number of amides is 1. The molecule has 0 bridgehead atoms. The van der Waals surface area contributed by atoms with Gasteiger partial charge in [-0.2, -0.15) is 0 Å². The SMILES string of the molecule is CC(C)N(CCNC(=O)c1cc(N)ccc1F)C(C)C. The minimum atomic E-state index is -0.554. The summed E-state index contributed by atoms with van der Waals surface area (Å²) in [7, 11) is 0. The van der Waals surface area contributed by atoms with Crippen LogP contribution in [0.15, 0.2) is 18.2 Å². The molecule has 0 spiro atoms. The van der Waals surface area contributed by atoms with Crippen LogP contribution in [0.1, 0.15) is 38.1 Å². The summed E-state index contributed by atoms with van der Waals surface area (Å²) in [6, 6.07) is 4.80. The van der Waals surface area contributed by atoms with Crippen molar-refractivity contribution in [3.8, 4) is 0 Å². The van der Waals surface area contributed by atoms with Crippen molar-refractivity contribution in [2.24, 2.45) is 0 Å². The second kappa shape index (κ2) is 7.24. The molecule has 0 aliphatic heterocycles. The Morgan fingerprint density at radius 2 is 1.90 bits per heavy atom. The summed E-state index contributed by atoms with van der Waals surface area (Å²) in [5, 5.41) is 2.73. The Morgan fingerprint density at radius 3 is 2.45 bits per heavy atom. The van der Waals surface area contributed by atoms with Gasteiger partial charge in [-0.15, -0.1) is 0 Å². The molecule has 0 radical (unpaired) electrons. The van der Waals surface area contributed by atoms with Gasteiger partial charge in [0.1, 0.15) is 5.82 Å². The van der Waals surface area contributed by atoms with Crippen molar-refractivity contribution < 1.29 is 9.18 Å². The van der Waals surface area contributed by atoms with E-state index in [1.165, 1.54) is 18.2 Å². The smallest absolute Gasteiger partial charge is 0.254 e. The summed E-state index contributed by atoms with van der Waals surface area (Å²) in [5.74, 6) is -0.983. The molecule has 0 heterocycles. The largest absolute Gasteiger partial charge is 0.399 e. The van der Waals surface area contributed by atoms with E-state index in [2.05, 4.69) is 37.9 Å². The average Bonchev–Trinajstić information content (AvgIpc) is 2.36. The van der Waals surface area contributed by atoms with Crippen LogP contribution in [-0.4, -0.2) is 36.0 Å². The van der Waals surface area contributed by atoms with Crippen molar-refractivity contribution in [3.05, 3.63) is 29.6 Å². The van der Waals surface area contributed by atoms with E-state index < -0.39 is 11.7 Å². The van der Waals surface area contributed by atoms with E-state index in [1.54, 1.807) is 0 Å². The highest BCUT2D eigenvalue weighted by molar-refractivity contribution is 5.95. The van der Waals surface area contributed by atoms with Gasteiger partial charge in [0.15, 0.2) is 0 Å². The third-order valence-electron chi connectivity index (χ3n) is 3.22. The van der Waals surface area contributed by atoms with E-state index in [9.17, 15) is 9.18 Å². The number of nitrogens with zero attached hydrogens (tertiary/aromatic N) is 1. The zero-order chi connectivity index (χ0) is 15.3. The summed E-state index contributed by atoms with van der Waals surface area (Å²) >= 11 is 0. The molecule has 1 aromatic rings. The van der Waals surface area contributed by atoms with E-state index in [-0.39, 0.29) is 5.56 Å². The minimum Gasteiger partial charge on any atom is -0.399 e. The van der Waals surface area contributed by atoms with Crippen LogP contribution >= 0.6 is 0 Å². The maximum absolute atomic E-state index is 13.5. The van der Waals surface area contributed by atoms with Gasteiger partial charge in [-0.25, -0.2) is 4.39 Å². The summed E-state index contributed by atoms with van der Waals surface area (Å²) in [6.45, 7) is 9.64. The number of hydrogen-bond donors (Lipinski definition) is 2. The number of nitrogen functional groups attached to an aromatic ring is 1. The van der Waals surface area contributed by atoms with Gasteiger partial charge in [0, 0.05) is 30.9 Å². The normalized spacial score (nSPS) is 11.4. The number of halogens is 1. The minimum absolute atomic E-state index is 0.00866. The fourth-order valence-electron chi connectivity index (χ4n) is 2.22. The first-order valence-electron chi connectivity index (χ1n) is 6.92. The fraction of sp³-hybridized carbons (Fsp3) is 0.533. The first-order chi connectivity index (χ1) is 9.32. The predicted molar refractivity (Wildman–Crippen MR) is 80.1 cm³/mol. The molecule has 4 nitrogen and oxygen atoms in total. The van der Waals surface area contributed by atoms with Crippen molar-refractivity contribution in [2.45, 2.75) is 39.8 Å². The van der Waals surface area contributed by atoms with Crippen molar-refractivity contribution in [1.29, 1.82) is 0 Å². The van der Waals surface area contributed by atoms with E-state index in [0.717, 1.165) is 6.54 Å². The van der Waals surface area contributed by atoms with Crippen LogP contribution in [-0.2, 0) is 0 Å². The molecule has 0 aromatic heterocycles. The predicted octanol–water partition coefficient (Wildman–Crippen LogP) is 2.26. The van der Waals surface area contributed by atoms with Crippen LogP contribution in [0.2, 0.25) is 0 Å². The zero-order valence-electron chi connectivity index (χ0n) is 12.6. The molecule has 0 aliphatic rings. The van der Waals surface area contributed by atoms with Crippen LogP contribution in [0.4, 0.5) is 10.1 Å². The summed E-state index contributed by atoms with van der Waals surface area (Å²) in [4.78, 5) is 14.2. The Labute approximate surface area is 120 Å². The lowest BCUT2D eigenvalue weighted by atomic mass is 10.1. The lowest BCUT2D eigenvalue weighted by Gasteiger charge is -2.30. The van der Waals surface area contributed by atoms with Crippen molar-refractivity contribution >= 4 is 11.6 Å². The van der Waals surface area contributed by atoms with Gasteiger partial charge < -0.3 is 11.1 Å². The molecule has 0 saturated carbocycles. The molecule has 0 unspecified atom stereocenters. The number of anilines is 1. The van der Waals surface area contributed by atoms with Crippen molar-refractivity contribution in [3.63, 3.8) is 0 Å². The fourth-order valence-corrected chi connectivity index (χ4v) is 2.22. The van der Waals surface area contributed by atoms with Gasteiger partial charge in [-0.1, -0.05) is 0 Å². The maximum atomic E-state index is 13.5. The van der Waals surface area contributed by atoms with E-state index in [0.29, 0.717) is 24.3 Å². The van der Waals surface area contributed by atoms with Crippen LogP contribution in [0.25, 0.3) is 0 Å². The van der Waals surface area contributed by atoms with Gasteiger partial charge in [-0.3, -0.25) is 9.69 Å². The number of rotatable bonds is 6. The van der Waals surface area contributed by atoms with Gasteiger partial charge in [0.25, 0.3) is 5.91 Å². The first kappa shape index (κ1) is 16.4. The Morgan fingerprint density at radius 1 is 1.30 bits per heavy atom. The monoisotopic (exact) mass is 281 g/mol. The second-order valence-electron chi connectivity index (χ2n) is 5.42. The summed E-state index contributed by atoms with van der Waals surface area (Å²) < 4.78 is 13.5. The molecule has 0 atom stereocenters. The number of nitrogens with two attached hydrogens (primary N) is 1. The number of nitrogens with one attached hydrogen (secondary N) is 1. The first-order valence-corrected chi connectivity index (χ1v) is 6.92. The standard InChI is InChI=1S/C15H24FN3O/c1-10(2)19(11(3)4)8-7-18-15(20)13-9-12(17)5-6-14(13)16/h5-6,9-11H,7-8,17H2,1-4H3,(H,18,20). The van der Waals surface area contributed by atoms with Gasteiger partial charge in [0.05, 0.1) is 5.56 Å². The average molecular weight is 281 g/mol. The van der Waals surface area contributed by atoms with Crippen molar-refractivity contribution in [2.75, 3.05) is 18.8 Å². The van der Waals surface area contributed by atoms with Gasteiger partial charge in [-0.05, 0) is 45.9 Å². The number of benzene rings is 1. The molecule has 0 aliphatic carbocycles. The quantitative estimate of drug-likeness (QED) is 0.786. The van der Waals surface area contributed by atoms with E-state index in [1.807, 2.05) is 0 Å². The van der Waals surface area contributed by atoms with E-state index in [4.69, 9.17) is 5.73 Å². The molecule has 112 valence electrons. The number of hydrogen-bond acceptors (Lipinski definition) is 3. The molecule has 20 heavy (non-hydrogen) atoms. The molecule has 3 N–H and O–H groups in total. The highest BCUT2D eigenvalue weighted by Gasteiger charge is 2.15. The van der Waals surface area contributed by atoms with Crippen LogP contribution in [0.3, 0.4) is 0 Å². The van der Waals surface area contributed by atoms with Gasteiger partial charge in [0.2, 0.25) is 0 Å². The van der Waals surface area contributed by atoms with Crippen LogP contribution in [0.5, 0.6) is 0 Å². The Hall–Kier alpha value is -1.62. The Kier molecular flexibility index (Phi) is 5.95. The number of carbonyl (C=O) groups is 1. The molecule has 0 fully saturated rings. The lowest BCUT2D eigenvalue weighted by molar-refractivity contribution is 0.0935. The summed E-state index contributed by atoms with van der Waals surface area (Å²) in [5.41, 5.74) is 5.94. The number of carbonyl (C=O) groups excluding carboxylic acids is 1. The molecule has 1 aromatic carbocycles. The molecule has 5 heteroatoms. The molecule has 1 rings (SSSR count). The summed E-state index contributed by atoms with van der Waals surface area (Å²) in [6.07, 6.45) is 0. The third-order valence-corrected chi connectivity index (χ3v) is 3.22. The van der Waals surface area contributed by atoms with Crippen LogP contribution in [0, 0.1) is 5.82 Å². The highest BCUT2D eigenvalue weighted by atomic mass is 19.1. The highest BCUT2D eigenvalue weighted by Crippen LogP contribution is 2.11. The molecule has 1 amide bonds. The Bertz CT molecular complexity index is 452. The topological polar surface area (TPSA) is 58.4 Å². The van der Waals surface area contributed by atoms with Crippen LogP contribution < -0.4 is 11.1 Å². The van der Waals surface area contributed by atoms with Gasteiger partial charge >= 0.3 is 0 Å². The van der Waals surface area contributed by atoms with Crippen molar-refractivity contribution in [1.82, 2.24) is 10.2 Å². The molecular formula is C15H24FN3O. The molecule has 0 saturated heterocycles. The molecular weight excluding hydrogens is 257 g/mol. The lowest BCUT2D eigenvalue weighted by Crippen LogP contribution is -2.42. The van der Waals surface area contributed by atoms with E-state index >= 15 is 0 Å². The maximum Gasteiger partial charge on any atom is 0.254 e. The third kappa shape index (κ3) is 4.49. The Balaban J connectivity index is 2.57.